The number of carbonyl (C=O) groups is 2. The molecule has 1 aromatic rings. The van der Waals surface area contributed by atoms with Crippen LogP contribution in [0.3, 0.4) is 0 Å². The van der Waals surface area contributed by atoms with E-state index in [1.165, 1.54) is 0 Å². The van der Waals surface area contributed by atoms with Crippen molar-refractivity contribution in [1.29, 1.82) is 0 Å². The zero-order valence-corrected chi connectivity index (χ0v) is 17.0. The molecule has 1 saturated heterocycles. The first-order chi connectivity index (χ1) is 13.2. The van der Waals surface area contributed by atoms with Gasteiger partial charge in [0.2, 0.25) is 5.91 Å². The smallest absolute Gasteiger partial charge is 0.326 e. The van der Waals surface area contributed by atoms with E-state index in [9.17, 15) is 14.7 Å². The van der Waals surface area contributed by atoms with E-state index < -0.39 is 12.0 Å². The minimum Gasteiger partial charge on any atom is -0.488 e. The van der Waals surface area contributed by atoms with Crippen LogP contribution in [0.25, 0.3) is 0 Å². The van der Waals surface area contributed by atoms with Crippen molar-refractivity contribution in [2.24, 2.45) is 5.41 Å². The lowest BCUT2D eigenvalue weighted by molar-refractivity contribution is -0.142. The number of hydrogen-bond donors (Lipinski definition) is 2. The summed E-state index contributed by atoms with van der Waals surface area (Å²) in [7, 11) is 0. The monoisotopic (exact) mass is 406 g/mol. The first-order valence-electron chi connectivity index (χ1n) is 9.59. The van der Waals surface area contributed by atoms with Crippen molar-refractivity contribution in [2.75, 3.05) is 19.7 Å². The van der Waals surface area contributed by atoms with E-state index in [2.05, 4.69) is 24.1 Å². The molecular formula is C21H27ClN2O4. The first kappa shape index (κ1) is 20.7. The number of nitrogens with zero attached hydrogens (tertiary/aromatic N) is 1. The van der Waals surface area contributed by atoms with E-state index in [0.29, 0.717) is 23.8 Å². The molecule has 7 heteroatoms. The number of nitrogens with one attached hydrogen (secondary N) is 1. The largest absolute Gasteiger partial charge is 0.488 e. The number of ether oxygens (including phenoxy) is 1. The Morgan fingerprint density at radius 2 is 2.14 bits per heavy atom. The molecule has 1 unspecified atom stereocenters. The highest BCUT2D eigenvalue weighted by molar-refractivity contribution is 6.32. The summed E-state index contributed by atoms with van der Waals surface area (Å²) in [5.74, 6) is -0.725. The van der Waals surface area contributed by atoms with Gasteiger partial charge in [-0.2, -0.15) is 0 Å². The summed E-state index contributed by atoms with van der Waals surface area (Å²) >= 11 is 6.26. The second-order valence-corrected chi connectivity index (χ2v) is 8.70. The Kier molecular flexibility index (Phi) is 6.30. The molecule has 28 heavy (non-hydrogen) atoms. The average Bonchev–Trinajstić information content (AvgIpc) is 2.92. The van der Waals surface area contributed by atoms with Crippen LogP contribution in [0.5, 0.6) is 5.75 Å². The van der Waals surface area contributed by atoms with Gasteiger partial charge in [0, 0.05) is 19.5 Å². The van der Waals surface area contributed by atoms with Gasteiger partial charge in [0.05, 0.1) is 11.1 Å². The molecule has 0 radical (unpaired) electrons. The fourth-order valence-electron chi connectivity index (χ4n) is 3.93. The molecule has 4 rings (SSSR count). The van der Waals surface area contributed by atoms with Gasteiger partial charge in [-0.05, 0) is 36.0 Å². The molecule has 2 N–H and O–H groups in total. The summed E-state index contributed by atoms with van der Waals surface area (Å²) in [5.41, 5.74) is 0.746. The summed E-state index contributed by atoms with van der Waals surface area (Å²) in [6, 6.07) is 3.89. The molecule has 1 fully saturated rings. The van der Waals surface area contributed by atoms with Crippen molar-refractivity contribution in [3.63, 3.8) is 0 Å². The summed E-state index contributed by atoms with van der Waals surface area (Å²) in [6.07, 6.45) is 5.65. The van der Waals surface area contributed by atoms with E-state index in [4.69, 9.17) is 16.3 Å². The maximum atomic E-state index is 12.9. The Bertz CT molecular complexity index is 778. The number of rotatable bonds is 1. The van der Waals surface area contributed by atoms with Crippen LogP contribution in [-0.2, 0) is 16.0 Å². The molecule has 2 atom stereocenters. The molecule has 6 nitrogen and oxygen atoms in total. The van der Waals surface area contributed by atoms with Crippen LogP contribution < -0.4 is 10.1 Å². The van der Waals surface area contributed by atoms with Crippen molar-refractivity contribution in [3.05, 3.63) is 40.9 Å². The maximum absolute atomic E-state index is 12.9. The molecule has 2 bridgehead atoms. The van der Waals surface area contributed by atoms with Crippen molar-refractivity contribution < 1.29 is 19.4 Å². The molecule has 1 amide bonds. The van der Waals surface area contributed by atoms with E-state index in [0.717, 1.165) is 25.1 Å². The summed E-state index contributed by atoms with van der Waals surface area (Å²) in [5, 5.41) is 12.8. The molecule has 0 aliphatic carbocycles. The van der Waals surface area contributed by atoms with Crippen molar-refractivity contribution in [2.45, 2.75) is 45.2 Å². The minimum atomic E-state index is -1.06. The number of aliphatic carboxylic acids is 1. The number of carbonyl (C=O) groups excluding carboxylic acids is 1. The summed E-state index contributed by atoms with van der Waals surface area (Å²) in [4.78, 5) is 26.8. The number of amides is 1. The predicted molar refractivity (Wildman–Crippen MR) is 108 cm³/mol. The van der Waals surface area contributed by atoms with Crippen LogP contribution >= 0.6 is 11.6 Å². The van der Waals surface area contributed by atoms with E-state index in [1.54, 1.807) is 18.2 Å². The van der Waals surface area contributed by atoms with Crippen LogP contribution in [-0.4, -0.2) is 53.7 Å². The third kappa shape index (κ3) is 5.06. The normalized spacial score (nSPS) is 26.9. The van der Waals surface area contributed by atoms with Gasteiger partial charge in [-0.25, -0.2) is 4.79 Å². The number of fused-ring (bicyclic) bond motifs is 9. The lowest BCUT2D eigenvalue weighted by Crippen LogP contribution is -2.50. The number of hydrogen-bond acceptors (Lipinski definition) is 4. The van der Waals surface area contributed by atoms with Crippen molar-refractivity contribution >= 4 is 23.5 Å². The molecule has 0 spiro atoms. The lowest BCUT2D eigenvalue weighted by Gasteiger charge is -2.25. The molecule has 152 valence electrons. The topological polar surface area (TPSA) is 78.9 Å². The van der Waals surface area contributed by atoms with Gasteiger partial charge < -0.3 is 15.2 Å². The fraction of sp³-hybridized carbons (Fsp3) is 0.524. The van der Waals surface area contributed by atoms with E-state index in [-0.39, 0.29) is 23.8 Å². The number of carboxylic acid groups (broad SMARTS) is 1. The van der Waals surface area contributed by atoms with Crippen LogP contribution in [0.4, 0.5) is 0 Å². The lowest BCUT2D eigenvalue weighted by atomic mass is 9.90. The number of halogens is 1. The first-order valence-corrected chi connectivity index (χ1v) is 9.96. The van der Waals surface area contributed by atoms with Gasteiger partial charge >= 0.3 is 5.97 Å². The molecule has 1 aromatic carbocycles. The van der Waals surface area contributed by atoms with Gasteiger partial charge in [-0.15, -0.1) is 0 Å². The van der Waals surface area contributed by atoms with Crippen LogP contribution in [0.2, 0.25) is 5.02 Å². The van der Waals surface area contributed by atoms with E-state index in [1.807, 2.05) is 12.2 Å². The highest BCUT2D eigenvalue weighted by Gasteiger charge is 2.41. The van der Waals surface area contributed by atoms with Gasteiger partial charge in [-0.1, -0.05) is 43.7 Å². The molecule has 0 aromatic heterocycles. The minimum absolute atomic E-state index is 0.0134. The standard InChI is InChI=1S/C21H27ClN2O4/c1-21(2)12-17-19(25)23-16(20(26)27)11-14-6-7-18(15(22)10-14)28-9-5-3-4-8-24(17)13-21/h3,5-7,10,16-17H,4,8-9,11-13H2,1-2H3,(H,23,25)(H,26,27)/b5-3+/t16?,17-/m0/s1. The van der Waals surface area contributed by atoms with Gasteiger partial charge in [0.1, 0.15) is 18.4 Å². The van der Waals surface area contributed by atoms with Gasteiger partial charge in [0.15, 0.2) is 0 Å². The van der Waals surface area contributed by atoms with Crippen molar-refractivity contribution in [1.82, 2.24) is 10.2 Å². The zero-order chi connectivity index (χ0) is 20.3. The highest BCUT2D eigenvalue weighted by Crippen LogP contribution is 2.34. The molecule has 3 heterocycles. The molecular weight excluding hydrogens is 380 g/mol. The Balaban J connectivity index is 1.87. The van der Waals surface area contributed by atoms with Gasteiger partial charge in [-0.3, -0.25) is 9.69 Å². The number of benzene rings is 1. The van der Waals surface area contributed by atoms with Gasteiger partial charge in [0.25, 0.3) is 0 Å². The Morgan fingerprint density at radius 1 is 1.36 bits per heavy atom. The maximum Gasteiger partial charge on any atom is 0.326 e. The quantitative estimate of drug-likeness (QED) is 0.701. The predicted octanol–water partition coefficient (Wildman–Crippen LogP) is 2.89. The Labute approximate surface area is 170 Å². The van der Waals surface area contributed by atoms with Crippen LogP contribution in [0, 0.1) is 5.41 Å². The van der Waals surface area contributed by atoms with E-state index >= 15 is 0 Å². The summed E-state index contributed by atoms with van der Waals surface area (Å²) in [6.45, 7) is 6.23. The average molecular weight is 407 g/mol. The summed E-state index contributed by atoms with van der Waals surface area (Å²) < 4.78 is 5.68. The molecule has 3 aliphatic rings. The second-order valence-electron chi connectivity index (χ2n) is 8.29. The third-order valence-electron chi connectivity index (χ3n) is 5.26. The Morgan fingerprint density at radius 3 is 2.86 bits per heavy atom. The third-order valence-corrected chi connectivity index (χ3v) is 5.55. The van der Waals surface area contributed by atoms with Crippen LogP contribution in [0.15, 0.2) is 30.4 Å². The SMILES string of the molecule is CC1(C)C[C@H]2C(=O)NC(C(=O)O)Cc3ccc(c(Cl)c3)OC/C=C/CCN2C1. The second kappa shape index (κ2) is 8.53. The Hall–Kier alpha value is -2.05. The fourth-order valence-corrected chi connectivity index (χ4v) is 4.18. The van der Waals surface area contributed by atoms with Crippen LogP contribution in [0.1, 0.15) is 32.3 Å². The zero-order valence-electron chi connectivity index (χ0n) is 16.3. The molecule has 3 aliphatic heterocycles. The highest BCUT2D eigenvalue weighted by atomic mass is 35.5. The molecule has 0 saturated carbocycles. The number of carboxylic acids is 1. The van der Waals surface area contributed by atoms with Crippen molar-refractivity contribution in [3.8, 4) is 5.75 Å².